The van der Waals surface area contributed by atoms with Crippen LogP contribution in [0.5, 0.6) is 5.75 Å². The molecule has 1 aliphatic rings. The maximum Gasteiger partial charge on any atom is 0.293 e. The quantitative estimate of drug-likeness (QED) is 0.530. The van der Waals surface area contributed by atoms with Crippen LogP contribution in [0.4, 0.5) is 17.3 Å². The SMILES string of the molecule is CCC(=O)COc1cc2cc(Nc3nc(N4CCC(C)CC4)ccc3Cl)ccc2n(C)c1=O. The number of ether oxygens (including phenoxy) is 1. The minimum atomic E-state index is -0.277. The van der Waals surface area contributed by atoms with Gasteiger partial charge in [0.05, 0.1) is 10.5 Å². The number of fused-ring (bicyclic) bond motifs is 1. The number of carbonyl (C=O) groups is 1. The topological polar surface area (TPSA) is 76.5 Å². The zero-order valence-corrected chi connectivity index (χ0v) is 20.0. The summed E-state index contributed by atoms with van der Waals surface area (Å²) in [6, 6.07) is 11.2. The first kappa shape index (κ1) is 23.1. The van der Waals surface area contributed by atoms with E-state index in [1.807, 2.05) is 30.3 Å². The average Bonchev–Trinajstić information content (AvgIpc) is 2.82. The first-order valence-electron chi connectivity index (χ1n) is 11.3. The Morgan fingerprint density at radius 2 is 1.97 bits per heavy atom. The lowest BCUT2D eigenvalue weighted by atomic mass is 9.99. The molecule has 174 valence electrons. The van der Waals surface area contributed by atoms with Crippen molar-refractivity contribution in [1.82, 2.24) is 9.55 Å². The molecule has 0 bridgehead atoms. The van der Waals surface area contributed by atoms with Crippen LogP contribution in [0.25, 0.3) is 10.9 Å². The highest BCUT2D eigenvalue weighted by atomic mass is 35.5. The summed E-state index contributed by atoms with van der Waals surface area (Å²) in [6.45, 7) is 5.91. The maximum atomic E-state index is 12.6. The van der Waals surface area contributed by atoms with E-state index in [0.29, 0.717) is 17.3 Å². The fourth-order valence-corrected chi connectivity index (χ4v) is 4.12. The van der Waals surface area contributed by atoms with Gasteiger partial charge in [0.1, 0.15) is 12.4 Å². The normalized spacial score (nSPS) is 14.5. The molecule has 8 heteroatoms. The van der Waals surface area contributed by atoms with Crippen molar-refractivity contribution in [2.24, 2.45) is 13.0 Å². The van der Waals surface area contributed by atoms with Crippen LogP contribution in [-0.2, 0) is 11.8 Å². The Bertz CT molecular complexity index is 1230. The van der Waals surface area contributed by atoms with Crippen LogP contribution < -0.4 is 20.5 Å². The third-order valence-electron chi connectivity index (χ3n) is 6.18. The van der Waals surface area contributed by atoms with Crippen molar-refractivity contribution in [3.63, 3.8) is 0 Å². The molecule has 0 unspecified atom stereocenters. The minimum Gasteiger partial charge on any atom is -0.480 e. The van der Waals surface area contributed by atoms with Gasteiger partial charge in [-0.2, -0.15) is 0 Å². The van der Waals surface area contributed by atoms with Gasteiger partial charge in [0.15, 0.2) is 17.4 Å². The largest absolute Gasteiger partial charge is 0.480 e. The van der Waals surface area contributed by atoms with E-state index in [1.165, 1.54) is 4.57 Å². The molecular formula is C25H29ClN4O3. The van der Waals surface area contributed by atoms with Crippen molar-refractivity contribution in [3.05, 3.63) is 51.8 Å². The number of nitrogens with one attached hydrogen (secondary N) is 1. The molecule has 2 aromatic heterocycles. The van der Waals surface area contributed by atoms with E-state index in [4.69, 9.17) is 21.3 Å². The number of ketones is 1. The second kappa shape index (κ2) is 9.83. The second-order valence-electron chi connectivity index (χ2n) is 8.62. The molecule has 1 saturated heterocycles. The van der Waals surface area contributed by atoms with Crippen LogP contribution >= 0.6 is 11.6 Å². The van der Waals surface area contributed by atoms with Gasteiger partial charge < -0.3 is 19.5 Å². The molecule has 0 atom stereocenters. The van der Waals surface area contributed by atoms with Gasteiger partial charge in [0.25, 0.3) is 5.56 Å². The number of aryl methyl sites for hydroxylation is 1. The Morgan fingerprint density at radius 3 is 2.70 bits per heavy atom. The van der Waals surface area contributed by atoms with E-state index >= 15 is 0 Å². The summed E-state index contributed by atoms with van der Waals surface area (Å²) in [5.41, 5.74) is 1.27. The highest BCUT2D eigenvalue weighted by molar-refractivity contribution is 6.33. The summed E-state index contributed by atoms with van der Waals surface area (Å²) in [7, 11) is 1.69. The van der Waals surface area contributed by atoms with Crippen molar-refractivity contribution in [3.8, 4) is 5.75 Å². The molecule has 0 spiro atoms. The number of rotatable bonds is 7. The summed E-state index contributed by atoms with van der Waals surface area (Å²) in [5, 5.41) is 4.65. The van der Waals surface area contributed by atoms with Crippen molar-refractivity contribution in [2.75, 3.05) is 29.9 Å². The highest BCUT2D eigenvalue weighted by Gasteiger charge is 2.18. The third-order valence-corrected chi connectivity index (χ3v) is 6.48. The molecular weight excluding hydrogens is 440 g/mol. The number of piperidine rings is 1. The fraction of sp³-hybridized carbons (Fsp3) is 0.400. The highest BCUT2D eigenvalue weighted by Crippen LogP contribution is 2.30. The Morgan fingerprint density at radius 1 is 1.21 bits per heavy atom. The molecule has 0 aliphatic carbocycles. The van der Waals surface area contributed by atoms with Crippen LogP contribution in [0.2, 0.25) is 5.02 Å². The number of pyridine rings is 2. The zero-order valence-electron chi connectivity index (χ0n) is 19.2. The molecule has 33 heavy (non-hydrogen) atoms. The molecule has 1 N–H and O–H groups in total. The van der Waals surface area contributed by atoms with Crippen molar-refractivity contribution < 1.29 is 9.53 Å². The molecule has 1 fully saturated rings. The van der Waals surface area contributed by atoms with Gasteiger partial charge in [0, 0.05) is 37.6 Å². The molecule has 7 nitrogen and oxygen atoms in total. The summed E-state index contributed by atoms with van der Waals surface area (Å²) in [4.78, 5) is 31.3. The number of benzene rings is 1. The summed E-state index contributed by atoms with van der Waals surface area (Å²) >= 11 is 6.44. The standard InChI is InChI=1S/C25H29ClN4O3/c1-4-19(31)15-33-22-14-17-13-18(5-7-21(17)29(3)25(22)32)27-24-20(26)6-8-23(28-24)30-11-9-16(2)10-12-30/h5-8,13-14,16H,4,9-12,15H2,1-3H3,(H,27,28). The smallest absolute Gasteiger partial charge is 0.293 e. The van der Waals surface area contributed by atoms with Crippen LogP contribution in [0.15, 0.2) is 41.2 Å². The predicted octanol–water partition coefficient (Wildman–Crippen LogP) is 4.92. The average molecular weight is 469 g/mol. The zero-order chi connectivity index (χ0) is 23.5. The van der Waals surface area contributed by atoms with Gasteiger partial charge in [-0.3, -0.25) is 9.59 Å². The monoisotopic (exact) mass is 468 g/mol. The number of halogens is 1. The lowest BCUT2D eigenvalue weighted by molar-refractivity contribution is -0.120. The number of carbonyl (C=O) groups excluding carboxylic acids is 1. The maximum absolute atomic E-state index is 12.6. The van der Waals surface area contributed by atoms with E-state index in [-0.39, 0.29) is 23.7 Å². The number of nitrogens with zero attached hydrogens (tertiary/aromatic N) is 3. The first-order chi connectivity index (χ1) is 15.9. The molecule has 1 aromatic carbocycles. The van der Waals surface area contributed by atoms with Crippen molar-refractivity contribution in [1.29, 1.82) is 0 Å². The number of aromatic nitrogens is 2. The van der Waals surface area contributed by atoms with Gasteiger partial charge in [0.2, 0.25) is 0 Å². The number of hydrogen-bond donors (Lipinski definition) is 1. The fourth-order valence-electron chi connectivity index (χ4n) is 3.96. The van der Waals surface area contributed by atoms with E-state index in [1.54, 1.807) is 20.0 Å². The number of Topliss-reactive ketones (excluding diaryl/α,β-unsaturated/α-hetero) is 1. The van der Waals surface area contributed by atoms with Gasteiger partial charge >= 0.3 is 0 Å². The minimum absolute atomic E-state index is 0.0590. The Balaban J connectivity index is 1.61. The van der Waals surface area contributed by atoms with Gasteiger partial charge in [-0.25, -0.2) is 4.98 Å². The number of anilines is 3. The van der Waals surface area contributed by atoms with Crippen LogP contribution in [0, 0.1) is 5.92 Å². The van der Waals surface area contributed by atoms with E-state index < -0.39 is 0 Å². The lowest BCUT2D eigenvalue weighted by Crippen LogP contribution is -2.33. The number of hydrogen-bond acceptors (Lipinski definition) is 6. The molecule has 0 amide bonds. The summed E-state index contributed by atoms with van der Waals surface area (Å²) in [6.07, 6.45) is 2.68. The Hall–Kier alpha value is -3.06. The van der Waals surface area contributed by atoms with Crippen molar-refractivity contribution >= 4 is 45.6 Å². The van der Waals surface area contributed by atoms with Gasteiger partial charge in [-0.15, -0.1) is 0 Å². The third kappa shape index (κ3) is 5.14. The molecule has 1 aliphatic heterocycles. The summed E-state index contributed by atoms with van der Waals surface area (Å²) in [5.74, 6) is 2.33. The van der Waals surface area contributed by atoms with Crippen molar-refractivity contribution in [2.45, 2.75) is 33.1 Å². The van der Waals surface area contributed by atoms with Crippen LogP contribution in [-0.4, -0.2) is 35.0 Å². The molecule has 0 radical (unpaired) electrons. The Kier molecular flexibility index (Phi) is 6.88. The summed E-state index contributed by atoms with van der Waals surface area (Å²) < 4.78 is 7.03. The molecule has 4 rings (SSSR count). The van der Waals surface area contributed by atoms with E-state index in [9.17, 15) is 9.59 Å². The van der Waals surface area contributed by atoms with E-state index in [2.05, 4.69) is 17.1 Å². The Labute approximate surface area is 198 Å². The van der Waals surface area contributed by atoms with Gasteiger partial charge in [-0.1, -0.05) is 25.4 Å². The van der Waals surface area contributed by atoms with Crippen LogP contribution in [0.3, 0.4) is 0 Å². The van der Waals surface area contributed by atoms with E-state index in [0.717, 1.165) is 54.3 Å². The second-order valence-corrected chi connectivity index (χ2v) is 9.03. The van der Waals surface area contributed by atoms with Crippen LogP contribution in [0.1, 0.15) is 33.1 Å². The predicted molar refractivity (Wildman–Crippen MR) is 133 cm³/mol. The first-order valence-corrected chi connectivity index (χ1v) is 11.7. The molecule has 0 saturated carbocycles. The van der Waals surface area contributed by atoms with Gasteiger partial charge in [-0.05, 0) is 55.2 Å². The molecule has 3 heterocycles. The lowest BCUT2D eigenvalue weighted by Gasteiger charge is -2.31. The molecule has 3 aromatic rings.